The zero-order valence-electron chi connectivity index (χ0n) is 12.7. The van der Waals surface area contributed by atoms with Crippen LogP contribution in [0.3, 0.4) is 0 Å². The summed E-state index contributed by atoms with van der Waals surface area (Å²) in [7, 11) is 0. The predicted molar refractivity (Wildman–Crippen MR) is 82.2 cm³/mol. The molecule has 1 N–H and O–H groups in total. The molecule has 0 unspecified atom stereocenters. The lowest BCUT2D eigenvalue weighted by Gasteiger charge is -2.19. The number of hydrogen-bond donors (Lipinski definition) is 1. The lowest BCUT2D eigenvalue weighted by molar-refractivity contribution is -0.122. The molecular formula is C17H20N2O3. The van der Waals surface area contributed by atoms with Crippen molar-refractivity contribution in [3.63, 3.8) is 0 Å². The summed E-state index contributed by atoms with van der Waals surface area (Å²) in [5.74, 6) is -0.627. The molecule has 1 saturated carbocycles. The molecule has 0 aliphatic heterocycles. The van der Waals surface area contributed by atoms with Crippen LogP contribution < -0.4 is 5.32 Å². The van der Waals surface area contributed by atoms with E-state index in [1.807, 2.05) is 6.92 Å². The molecule has 1 aliphatic rings. The number of nitrogens with one attached hydrogen (secondary N) is 1. The Morgan fingerprint density at radius 1 is 1.27 bits per heavy atom. The Balaban J connectivity index is 2.01. The van der Waals surface area contributed by atoms with Gasteiger partial charge in [0.05, 0.1) is 18.2 Å². The maximum absolute atomic E-state index is 12.3. The third kappa shape index (κ3) is 3.45. The molecule has 0 bridgehead atoms. The highest BCUT2D eigenvalue weighted by Gasteiger charge is 2.41. The summed E-state index contributed by atoms with van der Waals surface area (Å²) < 4.78 is 5.04. The van der Waals surface area contributed by atoms with Crippen LogP contribution in [0.15, 0.2) is 24.3 Å². The number of nitrogens with zero attached hydrogens (tertiary/aromatic N) is 1. The quantitative estimate of drug-likeness (QED) is 0.846. The smallest absolute Gasteiger partial charge is 0.338 e. The van der Waals surface area contributed by atoms with Crippen LogP contribution in [-0.4, -0.2) is 18.5 Å². The van der Waals surface area contributed by atoms with Crippen LogP contribution in [0.2, 0.25) is 0 Å². The second-order valence-electron chi connectivity index (χ2n) is 5.57. The minimum Gasteiger partial charge on any atom is -0.462 e. The molecule has 1 aromatic carbocycles. The first-order chi connectivity index (χ1) is 10.6. The molecule has 1 fully saturated rings. The van der Waals surface area contributed by atoms with Crippen molar-refractivity contribution >= 4 is 17.6 Å². The number of ether oxygens (including phenoxy) is 1. The Bertz CT molecular complexity index is 581. The van der Waals surface area contributed by atoms with E-state index in [1.165, 1.54) is 0 Å². The number of hydrogen-bond acceptors (Lipinski definition) is 4. The average Bonchev–Trinajstić information content (AvgIpc) is 3.03. The van der Waals surface area contributed by atoms with Crippen molar-refractivity contribution in [2.75, 3.05) is 11.9 Å². The zero-order chi connectivity index (χ0) is 16.0. The maximum atomic E-state index is 12.3. The molecule has 5 heteroatoms. The van der Waals surface area contributed by atoms with Gasteiger partial charge in [-0.2, -0.15) is 5.26 Å². The number of carbonyl (C=O) groups is 2. The molecule has 22 heavy (non-hydrogen) atoms. The monoisotopic (exact) mass is 300 g/mol. The summed E-state index contributed by atoms with van der Waals surface area (Å²) in [6.45, 7) is 2.32. The van der Waals surface area contributed by atoms with E-state index in [4.69, 9.17) is 4.74 Å². The summed E-state index contributed by atoms with van der Waals surface area (Å²) in [6, 6.07) is 8.70. The summed E-state index contributed by atoms with van der Waals surface area (Å²) in [6.07, 6.45) is 3.80. The fraction of sp³-hybridized carbons (Fsp3) is 0.471. The van der Waals surface area contributed by atoms with Gasteiger partial charge < -0.3 is 10.1 Å². The number of rotatable bonds is 5. The SMILES string of the molecule is CCCOC(=O)c1ccc(NC(=O)C2(C#N)CCCC2)cc1. The van der Waals surface area contributed by atoms with Crippen LogP contribution in [0.1, 0.15) is 49.4 Å². The fourth-order valence-electron chi connectivity index (χ4n) is 2.59. The number of nitriles is 1. The standard InChI is InChI=1S/C17H20N2O3/c1-2-11-22-15(20)13-5-7-14(8-6-13)19-16(21)17(12-18)9-3-4-10-17/h5-8H,2-4,9-11H2,1H3,(H,19,21). The van der Waals surface area contributed by atoms with Crippen LogP contribution in [0, 0.1) is 16.7 Å². The van der Waals surface area contributed by atoms with Crippen LogP contribution in [0.4, 0.5) is 5.69 Å². The topological polar surface area (TPSA) is 79.2 Å². The Hall–Kier alpha value is -2.35. The molecule has 0 spiro atoms. The van der Waals surface area contributed by atoms with Gasteiger partial charge in [0.25, 0.3) is 0 Å². The highest BCUT2D eigenvalue weighted by Crippen LogP contribution is 2.38. The third-order valence-corrected chi connectivity index (χ3v) is 3.92. The van der Waals surface area contributed by atoms with Crippen molar-refractivity contribution in [2.45, 2.75) is 39.0 Å². The first kappa shape index (κ1) is 16.0. The van der Waals surface area contributed by atoms with Gasteiger partial charge in [-0.15, -0.1) is 0 Å². The van der Waals surface area contributed by atoms with Gasteiger partial charge in [-0.25, -0.2) is 4.79 Å². The van der Waals surface area contributed by atoms with Crippen molar-refractivity contribution in [1.82, 2.24) is 0 Å². The van der Waals surface area contributed by atoms with E-state index in [1.54, 1.807) is 24.3 Å². The second-order valence-corrected chi connectivity index (χ2v) is 5.57. The molecule has 2 rings (SSSR count). The van der Waals surface area contributed by atoms with E-state index in [0.717, 1.165) is 19.3 Å². The lowest BCUT2D eigenvalue weighted by Crippen LogP contribution is -2.32. The van der Waals surface area contributed by atoms with E-state index in [0.29, 0.717) is 30.7 Å². The van der Waals surface area contributed by atoms with E-state index in [9.17, 15) is 14.9 Å². The number of esters is 1. The molecule has 1 amide bonds. The number of anilines is 1. The summed E-state index contributed by atoms with van der Waals surface area (Å²) in [5.41, 5.74) is 0.125. The Morgan fingerprint density at radius 3 is 2.45 bits per heavy atom. The normalized spacial score (nSPS) is 15.8. The molecule has 5 nitrogen and oxygen atoms in total. The Morgan fingerprint density at radius 2 is 1.91 bits per heavy atom. The molecule has 1 aliphatic carbocycles. The van der Waals surface area contributed by atoms with E-state index in [-0.39, 0.29) is 11.9 Å². The number of amides is 1. The Labute approximate surface area is 130 Å². The van der Waals surface area contributed by atoms with E-state index >= 15 is 0 Å². The minimum atomic E-state index is -0.904. The van der Waals surface area contributed by atoms with Crippen molar-refractivity contribution in [2.24, 2.45) is 5.41 Å². The molecule has 1 aromatic rings. The molecule has 0 saturated heterocycles. The summed E-state index contributed by atoms with van der Waals surface area (Å²) >= 11 is 0. The van der Waals surface area contributed by atoms with Crippen molar-refractivity contribution < 1.29 is 14.3 Å². The largest absolute Gasteiger partial charge is 0.462 e. The van der Waals surface area contributed by atoms with E-state index in [2.05, 4.69) is 11.4 Å². The molecule has 0 atom stereocenters. The van der Waals surface area contributed by atoms with Crippen LogP contribution in [0.5, 0.6) is 0 Å². The minimum absolute atomic E-state index is 0.256. The first-order valence-corrected chi connectivity index (χ1v) is 7.61. The van der Waals surface area contributed by atoms with E-state index < -0.39 is 5.41 Å². The van der Waals surface area contributed by atoms with Gasteiger partial charge in [0, 0.05) is 5.69 Å². The molecule has 0 radical (unpaired) electrons. The van der Waals surface area contributed by atoms with Gasteiger partial charge in [-0.1, -0.05) is 19.8 Å². The fourth-order valence-corrected chi connectivity index (χ4v) is 2.59. The van der Waals surface area contributed by atoms with Crippen LogP contribution in [0.25, 0.3) is 0 Å². The summed E-state index contributed by atoms with van der Waals surface area (Å²) in [5, 5.41) is 12.1. The van der Waals surface area contributed by atoms with Crippen molar-refractivity contribution in [3.05, 3.63) is 29.8 Å². The third-order valence-electron chi connectivity index (χ3n) is 3.92. The maximum Gasteiger partial charge on any atom is 0.338 e. The molecule has 0 heterocycles. The molecule has 0 aromatic heterocycles. The van der Waals surface area contributed by atoms with Crippen LogP contribution in [-0.2, 0) is 9.53 Å². The van der Waals surface area contributed by atoms with Gasteiger partial charge in [0.15, 0.2) is 0 Å². The molecule has 116 valence electrons. The van der Waals surface area contributed by atoms with Gasteiger partial charge in [-0.05, 0) is 43.5 Å². The van der Waals surface area contributed by atoms with Crippen molar-refractivity contribution in [1.29, 1.82) is 5.26 Å². The summed E-state index contributed by atoms with van der Waals surface area (Å²) in [4.78, 5) is 24.0. The first-order valence-electron chi connectivity index (χ1n) is 7.61. The molecular weight excluding hydrogens is 280 g/mol. The average molecular weight is 300 g/mol. The lowest BCUT2D eigenvalue weighted by atomic mass is 9.87. The Kier molecular flexibility index (Phi) is 5.16. The predicted octanol–water partition coefficient (Wildman–Crippen LogP) is 3.28. The number of benzene rings is 1. The second kappa shape index (κ2) is 7.08. The van der Waals surface area contributed by atoms with Gasteiger partial charge in [-0.3, -0.25) is 4.79 Å². The zero-order valence-corrected chi connectivity index (χ0v) is 12.7. The van der Waals surface area contributed by atoms with Gasteiger partial charge >= 0.3 is 5.97 Å². The highest BCUT2D eigenvalue weighted by molar-refractivity contribution is 5.98. The van der Waals surface area contributed by atoms with Crippen LogP contribution >= 0.6 is 0 Å². The highest BCUT2D eigenvalue weighted by atomic mass is 16.5. The van der Waals surface area contributed by atoms with Gasteiger partial charge in [0.1, 0.15) is 5.41 Å². The number of carbonyl (C=O) groups excluding carboxylic acids is 2. The van der Waals surface area contributed by atoms with Gasteiger partial charge in [0.2, 0.25) is 5.91 Å². The van der Waals surface area contributed by atoms with Crippen molar-refractivity contribution in [3.8, 4) is 6.07 Å².